The van der Waals surface area contributed by atoms with E-state index in [1.807, 2.05) is 4.72 Å². The van der Waals surface area contributed by atoms with E-state index in [4.69, 9.17) is 0 Å². The zero-order valence-electron chi connectivity index (χ0n) is 12.7. The third-order valence-corrected chi connectivity index (χ3v) is 5.26. The van der Waals surface area contributed by atoms with Crippen LogP contribution in [-0.2, 0) is 14.8 Å². The lowest BCUT2D eigenvalue weighted by Crippen LogP contribution is -2.34. The van der Waals surface area contributed by atoms with Crippen molar-refractivity contribution in [2.24, 2.45) is 0 Å². The van der Waals surface area contributed by atoms with Gasteiger partial charge in [-0.15, -0.1) is 13.2 Å². The highest BCUT2D eigenvalue weighted by molar-refractivity contribution is 9.10. The summed E-state index contributed by atoms with van der Waals surface area (Å²) in [5.41, 5.74) is 0.167. The summed E-state index contributed by atoms with van der Waals surface area (Å²) in [4.78, 5) is 11.1. The van der Waals surface area contributed by atoms with E-state index < -0.39 is 39.0 Å². The van der Waals surface area contributed by atoms with E-state index in [9.17, 15) is 31.5 Å². The van der Waals surface area contributed by atoms with E-state index in [1.54, 1.807) is 12.1 Å². The average Bonchev–Trinajstić information content (AvgIpc) is 2.52. The van der Waals surface area contributed by atoms with E-state index in [-0.39, 0.29) is 5.56 Å². The molecule has 140 valence electrons. The lowest BCUT2D eigenvalue weighted by Gasteiger charge is -2.17. The molecule has 1 atom stereocenters. The molecule has 0 fully saturated rings. The quantitative estimate of drug-likeness (QED) is 0.698. The van der Waals surface area contributed by atoms with Gasteiger partial charge >= 0.3 is 12.3 Å². The normalized spacial score (nSPS) is 13.2. The zero-order valence-corrected chi connectivity index (χ0v) is 15.1. The Hall–Kier alpha value is -2.11. The van der Waals surface area contributed by atoms with Gasteiger partial charge in [-0.05, 0) is 35.9 Å². The molecule has 0 aliphatic rings. The summed E-state index contributed by atoms with van der Waals surface area (Å²) >= 11 is 3.15. The number of hydrogen-bond donors (Lipinski definition) is 2. The fourth-order valence-electron chi connectivity index (χ4n) is 2.00. The number of halogens is 4. The topological polar surface area (TPSA) is 92.7 Å². The fraction of sp³-hybridized carbons (Fsp3) is 0.133. The Kier molecular flexibility index (Phi) is 5.94. The van der Waals surface area contributed by atoms with E-state index in [0.29, 0.717) is 4.47 Å². The van der Waals surface area contributed by atoms with Crippen molar-refractivity contribution in [1.82, 2.24) is 4.72 Å². The molecule has 26 heavy (non-hydrogen) atoms. The number of nitrogens with one attached hydrogen (secondary N) is 1. The molecule has 0 heterocycles. The Morgan fingerprint density at radius 1 is 1.12 bits per heavy atom. The Bertz CT molecular complexity index is 900. The Morgan fingerprint density at radius 3 is 2.19 bits per heavy atom. The highest BCUT2D eigenvalue weighted by atomic mass is 79.9. The second-order valence-corrected chi connectivity index (χ2v) is 7.50. The number of hydrogen-bond acceptors (Lipinski definition) is 4. The van der Waals surface area contributed by atoms with E-state index >= 15 is 0 Å². The number of alkyl halides is 3. The lowest BCUT2D eigenvalue weighted by atomic mass is 10.1. The summed E-state index contributed by atoms with van der Waals surface area (Å²) in [7, 11) is -4.32. The second-order valence-electron chi connectivity index (χ2n) is 4.93. The first-order valence-corrected chi connectivity index (χ1v) is 9.12. The SMILES string of the molecule is O=C(O)[C@@H](NS(=O)(=O)c1ccc(OC(F)(F)F)cc1)c1ccccc1Br. The Morgan fingerprint density at radius 2 is 1.69 bits per heavy atom. The van der Waals surface area contributed by atoms with Crippen molar-refractivity contribution >= 4 is 31.9 Å². The molecule has 2 aromatic rings. The van der Waals surface area contributed by atoms with Crippen LogP contribution in [0.25, 0.3) is 0 Å². The van der Waals surface area contributed by atoms with Gasteiger partial charge in [-0.2, -0.15) is 4.72 Å². The highest BCUT2D eigenvalue weighted by Gasteiger charge is 2.32. The van der Waals surface area contributed by atoms with Gasteiger partial charge in [0.2, 0.25) is 10.0 Å². The minimum absolute atomic E-state index is 0.167. The molecule has 0 spiro atoms. The number of rotatable bonds is 6. The van der Waals surface area contributed by atoms with E-state index in [1.165, 1.54) is 12.1 Å². The summed E-state index contributed by atoms with van der Waals surface area (Å²) in [5.74, 6) is -2.05. The summed E-state index contributed by atoms with van der Waals surface area (Å²) in [5, 5.41) is 9.34. The van der Waals surface area contributed by atoms with Crippen molar-refractivity contribution in [1.29, 1.82) is 0 Å². The molecule has 0 amide bonds. The number of aliphatic carboxylic acids is 1. The van der Waals surface area contributed by atoms with Gasteiger partial charge in [0.1, 0.15) is 11.8 Å². The van der Waals surface area contributed by atoms with Gasteiger partial charge in [0, 0.05) is 4.47 Å². The van der Waals surface area contributed by atoms with Crippen LogP contribution < -0.4 is 9.46 Å². The van der Waals surface area contributed by atoms with Crippen molar-refractivity contribution in [2.45, 2.75) is 17.3 Å². The number of carboxylic acid groups (broad SMARTS) is 1. The second kappa shape index (κ2) is 7.64. The molecule has 0 aromatic heterocycles. The number of benzene rings is 2. The molecule has 0 aliphatic carbocycles. The smallest absolute Gasteiger partial charge is 0.480 e. The number of sulfonamides is 1. The summed E-state index contributed by atoms with van der Waals surface area (Å²) in [6.07, 6.45) is -4.91. The Labute approximate surface area is 154 Å². The third-order valence-electron chi connectivity index (χ3n) is 3.10. The monoisotopic (exact) mass is 453 g/mol. The minimum atomic E-state index is -4.91. The molecule has 0 unspecified atom stereocenters. The maximum atomic E-state index is 12.4. The number of carboxylic acids is 1. The fourth-order valence-corrected chi connectivity index (χ4v) is 3.68. The van der Waals surface area contributed by atoms with Gasteiger partial charge < -0.3 is 9.84 Å². The average molecular weight is 454 g/mol. The zero-order chi connectivity index (χ0) is 19.5. The number of ether oxygens (including phenoxy) is 1. The van der Waals surface area contributed by atoms with Crippen LogP contribution in [0.1, 0.15) is 11.6 Å². The predicted molar refractivity (Wildman–Crippen MR) is 88.0 cm³/mol. The largest absolute Gasteiger partial charge is 0.573 e. The molecule has 0 aliphatic heterocycles. The van der Waals surface area contributed by atoms with E-state index in [0.717, 1.165) is 24.3 Å². The molecular weight excluding hydrogens is 443 g/mol. The first-order valence-electron chi connectivity index (χ1n) is 6.85. The number of carbonyl (C=O) groups is 1. The molecule has 0 saturated heterocycles. The van der Waals surface area contributed by atoms with Crippen molar-refractivity contribution < 1.29 is 36.2 Å². The molecule has 0 radical (unpaired) electrons. The molecule has 11 heteroatoms. The van der Waals surface area contributed by atoms with Gasteiger partial charge in [0.25, 0.3) is 0 Å². The van der Waals surface area contributed by atoms with Gasteiger partial charge in [-0.1, -0.05) is 34.1 Å². The summed E-state index contributed by atoms with van der Waals surface area (Å²) < 4.78 is 67.2. The van der Waals surface area contributed by atoms with Crippen molar-refractivity contribution in [3.63, 3.8) is 0 Å². The van der Waals surface area contributed by atoms with Crippen molar-refractivity contribution in [3.05, 3.63) is 58.6 Å². The first-order chi connectivity index (χ1) is 12.0. The van der Waals surface area contributed by atoms with Gasteiger partial charge in [0.15, 0.2) is 0 Å². The standard InChI is InChI=1S/C15H11BrF3NO5S/c16-12-4-2-1-3-11(12)13(14(21)22)20-26(23,24)10-7-5-9(6-8-10)25-15(17,18)19/h1-8,13,20H,(H,21,22)/t13-/m0/s1. The van der Waals surface area contributed by atoms with Gasteiger partial charge in [-0.25, -0.2) is 8.42 Å². The molecule has 6 nitrogen and oxygen atoms in total. The molecule has 0 saturated carbocycles. The van der Waals surface area contributed by atoms with Crippen LogP contribution in [0, 0.1) is 0 Å². The molecule has 2 rings (SSSR count). The highest BCUT2D eigenvalue weighted by Crippen LogP contribution is 2.27. The van der Waals surface area contributed by atoms with Crippen LogP contribution in [-0.4, -0.2) is 25.9 Å². The van der Waals surface area contributed by atoms with Crippen LogP contribution in [0.15, 0.2) is 57.9 Å². The molecule has 0 bridgehead atoms. The molecular formula is C15H11BrF3NO5S. The maximum absolute atomic E-state index is 12.4. The first kappa shape index (κ1) is 20.2. The van der Waals surface area contributed by atoms with Crippen LogP contribution in [0.3, 0.4) is 0 Å². The van der Waals surface area contributed by atoms with Crippen LogP contribution in [0.5, 0.6) is 5.75 Å². The van der Waals surface area contributed by atoms with Crippen LogP contribution in [0.2, 0.25) is 0 Å². The third kappa shape index (κ3) is 5.19. The molecule has 2 N–H and O–H groups in total. The van der Waals surface area contributed by atoms with Crippen molar-refractivity contribution in [2.75, 3.05) is 0 Å². The van der Waals surface area contributed by atoms with Gasteiger partial charge in [0.05, 0.1) is 4.90 Å². The van der Waals surface area contributed by atoms with Crippen molar-refractivity contribution in [3.8, 4) is 5.75 Å². The van der Waals surface area contributed by atoms with E-state index in [2.05, 4.69) is 20.7 Å². The predicted octanol–water partition coefficient (Wildman–Crippen LogP) is 3.45. The molecule has 2 aromatic carbocycles. The summed E-state index contributed by atoms with van der Waals surface area (Å²) in [6.45, 7) is 0. The minimum Gasteiger partial charge on any atom is -0.480 e. The van der Waals surface area contributed by atoms with Gasteiger partial charge in [-0.3, -0.25) is 4.79 Å². The Balaban J connectivity index is 2.28. The summed E-state index contributed by atoms with van der Waals surface area (Å²) in [6, 6.07) is 7.92. The van der Waals surface area contributed by atoms with Crippen LogP contribution >= 0.6 is 15.9 Å². The van der Waals surface area contributed by atoms with Crippen LogP contribution in [0.4, 0.5) is 13.2 Å². The maximum Gasteiger partial charge on any atom is 0.573 e. The lowest BCUT2D eigenvalue weighted by molar-refractivity contribution is -0.274.